The summed E-state index contributed by atoms with van der Waals surface area (Å²) in [6, 6.07) is 4.65. The Morgan fingerprint density at radius 2 is 2.31 bits per heavy atom. The van der Waals surface area contributed by atoms with E-state index in [2.05, 4.69) is 0 Å². The number of phenolic OH excluding ortho intramolecular Hbond substituents is 1. The van der Waals surface area contributed by atoms with E-state index in [1.54, 1.807) is 12.1 Å². The van der Waals surface area contributed by atoms with Crippen LogP contribution in [0.2, 0.25) is 0 Å². The van der Waals surface area contributed by atoms with Gasteiger partial charge >= 0.3 is 0 Å². The Balaban J connectivity index is 2.27. The number of hydrogen-bond acceptors (Lipinski definition) is 2. The molecule has 1 fully saturated rings. The number of rotatable bonds is 2. The maximum Gasteiger partial charge on any atom is 0.165 e. The Morgan fingerprint density at radius 1 is 1.54 bits per heavy atom. The van der Waals surface area contributed by atoms with Crippen LogP contribution in [0.25, 0.3) is 0 Å². The van der Waals surface area contributed by atoms with E-state index < -0.39 is 5.82 Å². The molecule has 0 aromatic heterocycles. The molecule has 3 N–H and O–H groups in total. The van der Waals surface area contributed by atoms with Gasteiger partial charge in [-0.15, -0.1) is 0 Å². The summed E-state index contributed by atoms with van der Waals surface area (Å²) in [5, 5.41) is 9.41. The topological polar surface area (TPSA) is 46.2 Å². The van der Waals surface area contributed by atoms with Crippen molar-refractivity contribution in [2.75, 3.05) is 6.54 Å². The van der Waals surface area contributed by atoms with Crippen LogP contribution in [-0.4, -0.2) is 11.7 Å². The smallest absolute Gasteiger partial charge is 0.165 e. The summed E-state index contributed by atoms with van der Waals surface area (Å²) < 4.78 is 12.9. The lowest BCUT2D eigenvalue weighted by atomic mass is 10.1. The lowest BCUT2D eigenvalue weighted by molar-refractivity contribution is 0.425. The maximum atomic E-state index is 12.9. The van der Waals surface area contributed by atoms with Gasteiger partial charge in [-0.2, -0.15) is 0 Å². The predicted octanol–water partition coefficient (Wildman–Crippen LogP) is 1.59. The minimum atomic E-state index is -0.542. The van der Waals surface area contributed by atoms with Gasteiger partial charge in [0.25, 0.3) is 0 Å². The number of halogens is 1. The van der Waals surface area contributed by atoms with Gasteiger partial charge in [0.1, 0.15) is 0 Å². The van der Waals surface area contributed by atoms with Crippen LogP contribution in [-0.2, 0) is 0 Å². The Kier molecular flexibility index (Phi) is 1.96. The van der Waals surface area contributed by atoms with Crippen molar-refractivity contribution in [1.82, 2.24) is 0 Å². The fourth-order valence-corrected chi connectivity index (χ4v) is 1.72. The lowest BCUT2D eigenvalue weighted by Crippen LogP contribution is -2.02. The molecule has 0 radical (unpaired) electrons. The Bertz CT molecular complexity index is 327. The average molecular weight is 181 g/mol. The molecule has 3 heteroatoms. The summed E-state index contributed by atoms with van der Waals surface area (Å²) in [4.78, 5) is 0. The highest BCUT2D eigenvalue weighted by molar-refractivity contribution is 5.39. The summed E-state index contributed by atoms with van der Waals surface area (Å²) in [6.45, 7) is 0.612. The second kappa shape index (κ2) is 3.00. The van der Waals surface area contributed by atoms with Crippen molar-refractivity contribution in [3.63, 3.8) is 0 Å². The van der Waals surface area contributed by atoms with Gasteiger partial charge in [-0.3, -0.25) is 0 Å². The van der Waals surface area contributed by atoms with Gasteiger partial charge in [0, 0.05) is 5.56 Å². The largest absolute Gasteiger partial charge is 0.505 e. The second-order valence-electron chi connectivity index (χ2n) is 3.52. The Morgan fingerprint density at radius 3 is 2.92 bits per heavy atom. The molecule has 2 rings (SSSR count). The third-order valence-electron chi connectivity index (χ3n) is 2.64. The summed E-state index contributed by atoms with van der Waals surface area (Å²) in [5.41, 5.74) is 6.18. The molecule has 13 heavy (non-hydrogen) atoms. The van der Waals surface area contributed by atoms with Crippen molar-refractivity contribution < 1.29 is 9.50 Å². The lowest BCUT2D eigenvalue weighted by Gasteiger charge is -2.03. The van der Waals surface area contributed by atoms with E-state index in [4.69, 9.17) is 5.73 Å². The van der Waals surface area contributed by atoms with E-state index in [-0.39, 0.29) is 11.7 Å². The highest BCUT2D eigenvalue weighted by atomic mass is 19.1. The number of aromatic hydroxyl groups is 1. The van der Waals surface area contributed by atoms with Crippen molar-refractivity contribution in [3.05, 3.63) is 29.6 Å². The summed E-state index contributed by atoms with van der Waals surface area (Å²) >= 11 is 0. The third-order valence-corrected chi connectivity index (χ3v) is 2.64. The number of benzene rings is 1. The van der Waals surface area contributed by atoms with Crippen LogP contribution in [0.3, 0.4) is 0 Å². The standard InChI is InChI=1S/C10H12FNO/c11-9-3-1-2-7(10(9)13)8-4-6(8)5-12/h1-3,6,8,13H,4-5,12H2. The van der Waals surface area contributed by atoms with Crippen LogP contribution in [0.4, 0.5) is 4.39 Å². The molecule has 1 saturated carbocycles. The van der Waals surface area contributed by atoms with Crippen molar-refractivity contribution in [1.29, 1.82) is 0 Å². The van der Waals surface area contributed by atoms with Crippen molar-refractivity contribution in [3.8, 4) is 5.75 Å². The first-order chi connectivity index (χ1) is 6.24. The molecule has 1 aromatic rings. The molecule has 70 valence electrons. The van der Waals surface area contributed by atoms with Crippen molar-refractivity contribution >= 4 is 0 Å². The fourth-order valence-electron chi connectivity index (χ4n) is 1.72. The molecular weight excluding hydrogens is 169 g/mol. The van der Waals surface area contributed by atoms with Gasteiger partial charge in [-0.05, 0) is 30.9 Å². The van der Waals surface area contributed by atoms with E-state index >= 15 is 0 Å². The van der Waals surface area contributed by atoms with E-state index in [0.29, 0.717) is 18.0 Å². The summed E-state index contributed by atoms with van der Waals surface area (Å²) in [6.07, 6.45) is 0.966. The molecule has 0 amide bonds. The molecule has 0 heterocycles. The monoisotopic (exact) mass is 181 g/mol. The van der Waals surface area contributed by atoms with E-state index in [1.807, 2.05) is 0 Å². The van der Waals surface area contributed by atoms with Crippen LogP contribution in [0.1, 0.15) is 17.9 Å². The molecule has 1 aliphatic rings. The molecule has 0 aliphatic heterocycles. The average Bonchev–Trinajstić information content (AvgIpc) is 2.89. The maximum absolute atomic E-state index is 12.9. The van der Waals surface area contributed by atoms with Crippen molar-refractivity contribution in [2.24, 2.45) is 11.7 Å². The molecule has 1 aromatic carbocycles. The third kappa shape index (κ3) is 1.40. The van der Waals surface area contributed by atoms with Crippen LogP contribution in [0, 0.1) is 11.7 Å². The van der Waals surface area contributed by atoms with Gasteiger partial charge in [0.15, 0.2) is 11.6 Å². The van der Waals surface area contributed by atoms with Gasteiger partial charge < -0.3 is 10.8 Å². The first-order valence-electron chi connectivity index (χ1n) is 4.41. The highest BCUT2D eigenvalue weighted by Crippen LogP contribution is 2.49. The quantitative estimate of drug-likeness (QED) is 0.727. The first kappa shape index (κ1) is 8.51. The highest BCUT2D eigenvalue weighted by Gasteiger charge is 2.38. The zero-order chi connectivity index (χ0) is 9.42. The minimum absolute atomic E-state index is 0.205. The SMILES string of the molecule is NCC1CC1c1cccc(F)c1O. The molecule has 1 aliphatic carbocycles. The molecule has 2 unspecified atom stereocenters. The fraction of sp³-hybridized carbons (Fsp3) is 0.400. The number of para-hydroxylation sites is 1. The van der Waals surface area contributed by atoms with Crippen molar-refractivity contribution in [2.45, 2.75) is 12.3 Å². The van der Waals surface area contributed by atoms with Crippen LogP contribution < -0.4 is 5.73 Å². The summed E-state index contributed by atoms with van der Waals surface area (Å²) in [7, 11) is 0. The Labute approximate surface area is 76.2 Å². The number of phenols is 1. The van der Waals surface area contributed by atoms with Crippen LogP contribution in [0.15, 0.2) is 18.2 Å². The normalized spacial score (nSPS) is 26.0. The van der Waals surface area contributed by atoms with Crippen LogP contribution in [0.5, 0.6) is 5.75 Å². The number of nitrogens with two attached hydrogens (primary N) is 1. The van der Waals surface area contributed by atoms with E-state index in [1.165, 1.54) is 6.07 Å². The van der Waals surface area contributed by atoms with E-state index in [0.717, 1.165) is 6.42 Å². The molecule has 0 bridgehead atoms. The summed E-state index contributed by atoms with van der Waals surface area (Å²) in [5.74, 6) is -0.0583. The molecule has 0 saturated heterocycles. The first-order valence-corrected chi connectivity index (χ1v) is 4.41. The zero-order valence-corrected chi connectivity index (χ0v) is 7.20. The minimum Gasteiger partial charge on any atom is -0.505 e. The number of hydrogen-bond donors (Lipinski definition) is 2. The Hall–Kier alpha value is -1.09. The van der Waals surface area contributed by atoms with Gasteiger partial charge in [0.2, 0.25) is 0 Å². The van der Waals surface area contributed by atoms with Gasteiger partial charge in [-0.1, -0.05) is 12.1 Å². The second-order valence-corrected chi connectivity index (χ2v) is 3.52. The van der Waals surface area contributed by atoms with Crippen LogP contribution >= 0.6 is 0 Å². The molecule has 0 spiro atoms. The molecule has 2 nitrogen and oxygen atoms in total. The molecular formula is C10H12FNO. The predicted molar refractivity (Wildman–Crippen MR) is 48.0 cm³/mol. The van der Waals surface area contributed by atoms with Gasteiger partial charge in [0.05, 0.1) is 0 Å². The zero-order valence-electron chi connectivity index (χ0n) is 7.20. The van der Waals surface area contributed by atoms with E-state index in [9.17, 15) is 9.50 Å². The van der Waals surface area contributed by atoms with Gasteiger partial charge in [-0.25, -0.2) is 4.39 Å². The molecule has 2 atom stereocenters.